The first kappa shape index (κ1) is 21.4. The Morgan fingerprint density at radius 2 is 1.81 bits per heavy atom. The van der Waals surface area contributed by atoms with Crippen molar-refractivity contribution in [2.24, 2.45) is 0 Å². The van der Waals surface area contributed by atoms with Gasteiger partial charge in [0, 0.05) is 18.6 Å². The average Bonchev–Trinajstić information content (AvgIpc) is 3.30. The molecule has 0 radical (unpaired) electrons. The third-order valence-corrected chi connectivity index (χ3v) is 6.21. The van der Waals surface area contributed by atoms with E-state index in [1.54, 1.807) is 24.3 Å². The highest BCUT2D eigenvalue weighted by molar-refractivity contribution is 5.91. The molecule has 1 N–H and O–H groups in total. The van der Waals surface area contributed by atoms with Crippen LogP contribution in [0.1, 0.15) is 48.0 Å². The van der Waals surface area contributed by atoms with Crippen LogP contribution in [0.5, 0.6) is 5.75 Å². The zero-order chi connectivity index (χ0) is 21.5. The van der Waals surface area contributed by atoms with E-state index in [2.05, 4.69) is 17.4 Å². The van der Waals surface area contributed by atoms with Gasteiger partial charge in [0.1, 0.15) is 12.4 Å². The van der Waals surface area contributed by atoms with Crippen LogP contribution in [0.4, 0.5) is 0 Å². The van der Waals surface area contributed by atoms with Crippen LogP contribution >= 0.6 is 0 Å². The quantitative estimate of drug-likeness (QED) is 0.624. The minimum Gasteiger partial charge on any atom is -0.491 e. The summed E-state index contributed by atoms with van der Waals surface area (Å²) in [5, 5.41) is 2.94. The van der Waals surface area contributed by atoms with Gasteiger partial charge in [-0.3, -0.25) is 4.79 Å². The van der Waals surface area contributed by atoms with Crippen LogP contribution in [0, 0.1) is 0 Å². The molecule has 2 fully saturated rings. The second-order valence-electron chi connectivity index (χ2n) is 8.32. The minimum atomic E-state index is -0.526. The van der Waals surface area contributed by atoms with E-state index in [0.717, 1.165) is 38.7 Å². The molecule has 1 amide bonds. The molecule has 31 heavy (non-hydrogen) atoms. The maximum Gasteiger partial charge on any atom is 0.338 e. The molecule has 1 aliphatic carbocycles. The first-order valence-corrected chi connectivity index (χ1v) is 11.0. The molecule has 1 unspecified atom stereocenters. The lowest BCUT2D eigenvalue weighted by Crippen LogP contribution is -2.46. The van der Waals surface area contributed by atoms with Crippen LogP contribution in [0.15, 0.2) is 54.6 Å². The van der Waals surface area contributed by atoms with Crippen molar-refractivity contribution in [3.8, 4) is 5.75 Å². The summed E-state index contributed by atoms with van der Waals surface area (Å²) in [4.78, 5) is 24.5. The second kappa shape index (κ2) is 9.96. The number of amides is 1. The van der Waals surface area contributed by atoms with Gasteiger partial charge in [-0.05, 0) is 55.5 Å². The molecule has 0 bridgehead atoms. The number of benzene rings is 2. The first-order valence-electron chi connectivity index (χ1n) is 11.0. The van der Waals surface area contributed by atoms with Crippen molar-refractivity contribution < 1.29 is 23.8 Å². The Balaban J connectivity index is 1.20. The van der Waals surface area contributed by atoms with E-state index in [9.17, 15) is 9.59 Å². The number of carbonyl (C=O) groups is 2. The third kappa shape index (κ3) is 5.44. The lowest BCUT2D eigenvalue weighted by atomic mass is 9.64. The van der Waals surface area contributed by atoms with Crippen LogP contribution in [-0.4, -0.2) is 44.3 Å². The molecule has 1 heterocycles. The number of esters is 1. The van der Waals surface area contributed by atoms with E-state index in [1.807, 2.05) is 18.2 Å². The molecular formula is C25H29NO5. The van der Waals surface area contributed by atoms with Crippen LogP contribution in [0.3, 0.4) is 0 Å². The summed E-state index contributed by atoms with van der Waals surface area (Å²) in [7, 11) is 0. The van der Waals surface area contributed by atoms with Crippen molar-refractivity contribution in [1.82, 2.24) is 5.32 Å². The maximum atomic E-state index is 12.3. The van der Waals surface area contributed by atoms with Gasteiger partial charge >= 0.3 is 5.97 Å². The Kier molecular flexibility index (Phi) is 6.87. The molecule has 1 aliphatic heterocycles. The van der Waals surface area contributed by atoms with Gasteiger partial charge in [-0.25, -0.2) is 4.79 Å². The molecule has 0 spiro atoms. The van der Waals surface area contributed by atoms with Gasteiger partial charge in [0.15, 0.2) is 6.61 Å². The van der Waals surface area contributed by atoms with Crippen LogP contribution < -0.4 is 10.1 Å². The molecule has 164 valence electrons. The van der Waals surface area contributed by atoms with Crippen LogP contribution in [0.2, 0.25) is 0 Å². The molecule has 4 rings (SSSR count). The normalized spacial score (nSPS) is 19.3. The molecular weight excluding hydrogens is 394 g/mol. The highest BCUT2D eigenvalue weighted by Crippen LogP contribution is 2.43. The Bertz CT molecular complexity index is 871. The number of ether oxygens (including phenoxy) is 3. The lowest BCUT2D eigenvalue weighted by molar-refractivity contribution is -0.124. The Morgan fingerprint density at radius 3 is 2.45 bits per heavy atom. The van der Waals surface area contributed by atoms with E-state index in [1.165, 1.54) is 5.56 Å². The topological polar surface area (TPSA) is 73.9 Å². The van der Waals surface area contributed by atoms with E-state index in [0.29, 0.717) is 24.5 Å². The average molecular weight is 424 g/mol. The zero-order valence-electron chi connectivity index (χ0n) is 17.7. The maximum absolute atomic E-state index is 12.3. The van der Waals surface area contributed by atoms with E-state index in [-0.39, 0.29) is 24.0 Å². The number of nitrogens with one attached hydrogen (secondary N) is 1. The molecule has 1 atom stereocenters. The van der Waals surface area contributed by atoms with Crippen molar-refractivity contribution in [3.63, 3.8) is 0 Å². The van der Waals surface area contributed by atoms with Crippen molar-refractivity contribution in [2.45, 2.75) is 43.6 Å². The number of hydrogen-bond acceptors (Lipinski definition) is 5. The molecule has 2 aromatic carbocycles. The van der Waals surface area contributed by atoms with E-state index >= 15 is 0 Å². The SMILES string of the molecule is O=C(COC(=O)c1ccc(OCC2CCCO2)cc1)NCC1(c2ccccc2)CCC1. The largest absolute Gasteiger partial charge is 0.491 e. The van der Waals surface area contributed by atoms with Crippen molar-refractivity contribution in [3.05, 3.63) is 65.7 Å². The first-order chi connectivity index (χ1) is 15.1. The Hall–Kier alpha value is -2.86. The lowest BCUT2D eigenvalue weighted by Gasteiger charge is -2.42. The summed E-state index contributed by atoms with van der Waals surface area (Å²) in [6, 6.07) is 17.0. The highest BCUT2D eigenvalue weighted by Gasteiger charge is 2.38. The number of rotatable bonds is 9. The van der Waals surface area contributed by atoms with Gasteiger partial charge in [-0.2, -0.15) is 0 Å². The van der Waals surface area contributed by atoms with Gasteiger partial charge in [0.05, 0.1) is 11.7 Å². The molecule has 1 saturated heterocycles. The van der Waals surface area contributed by atoms with E-state index in [4.69, 9.17) is 14.2 Å². The van der Waals surface area contributed by atoms with Crippen molar-refractivity contribution in [1.29, 1.82) is 0 Å². The number of hydrogen-bond donors (Lipinski definition) is 1. The highest BCUT2D eigenvalue weighted by atomic mass is 16.5. The third-order valence-electron chi connectivity index (χ3n) is 6.21. The summed E-state index contributed by atoms with van der Waals surface area (Å²) in [5.74, 6) is -0.134. The van der Waals surface area contributed by atoms with Gasteiger partial charge in [-0.1, -0.05) is 36.8 Å². The molecule has 2 aliphatic rings. The van der Waals surface area contributed by atoms with Crippen LogP contribution in [0.25, 0.3) is 0 Å². The summed E-state index contributed by atoms with van der Waals surface area (Å²) >= 11 is 0. The van der Waals surface area contributed by atoms with Gasteiger partial charge < -0.3 is 19.5 Å². The molecule has 6 heteroatoms. The van der Waals surface area contributed by atoms with Gasteiger partial charge in [0.25, 0.3) is 5.91 Å². The summed E-state index contributed by atoms with van der Waals surface area (Å²) in [5.41, 5.74) is 1.64. The molecule has 1 saturated carbocycles. The standard InChI is InChI=1S/C25H29NO5/c27-23(26-18-25(13-5-14-25)20-6-2-1-3-7-20)17-31-24(28)19-9-11-21(12-10-19)30-16-22-8-4-15-29-22/h1-3,6-7,9-12,22H,4-5,8,13-18H2,(H,26,27). The Morgan fingerprint density at radius 1 is 1.03 bits per heavy atom. The molecule has 0 aromatic heterocycles. The summed E-state index contributed by atoms with van der Waals surface area (Å²) in [6.45, 7) is 1.57. The fourth-order valence-corrected chi connectivity index (χ4v) is 4.15. The zero-order valence-corrected chi connectivity index (χ0v) is 17.7. The Labute approximate surface area is 182 Å². The predicted octanol–water partition coefficient (Wildman–Crippen LogP) is 3.64. The van der Waals surface area contributed by atoms with Crippen molar-refractivity contribution in [2.75, 3.05) is 26.4 Å². The summed E-state index contributed by atoms with van der Waals surface area (Å²) in [6.07, 6.45) is 5.49. The summed E-state index contributed by atoms with van der Waals surface area (Å²) < 4.78 is 16.4. The van der Waals surface area contributed by atoms with Gasteiger partial charge in [-0.15, -0.1) is 0 Å². The molecule has 2 aromatic rings. The van der Waals surface area contributed by atoms with E-state index < -0.39 is 5.97 Å². The van der Waals surface area contributed by atoms with Crippen molar-refractivity contribution >= 4 is 11.9 Å². The fourth-order valence-electron chi connectivity index (χ4n) is 4.15. The second-order valence-corrected chi connectivity index (χ2v) is 8.32. The predicted molar refractivity (Wildman–Crippen MR) is 116 cm³/mol. The van der Waals surface area contributed by atoms with Gasteiger partial charge in [0.2, 0.25) is 0 Å². The molecule has 6 nitrogen and oxygen atoms in total. The monoisotopic (exact) mass is 423 g/mol. The number of carbonyl (C=O) groups excluding carboxylic acids is 2. The smallest absolute Gasteiger partial charge is 0.338 e. The fraction of sp³-hybridized carbons (Fsp3) is 0.440. The van der Waals surface area contributed by atoms with Crippen LogP contribution in [-0.2, 0) is 19.7 Å². The minimum absolute atomic E-state index is 0.000295.